The molecule has 3 aliphatic heterocycles. The number of hydrogen-bond donors (Lipinski definition) is 0. The molecular weight excluding hydrogens is 336 g/mol. The predicted molar refractivity (Wildman–Crippen MR) is 108 cm³/mol. The van der Waals surface area contributed by atoms with Gasteiger partial charge in [-0.25, -0.2) is 0 Å². The summed E-state index contributed by atoms with van der Waals surface area (Å²) in [6.07, 6.45) is 2.64. The second-order valence-corrected chi connectivity index (χ2v) is 7.88. The van der Waals surface area contributed by atoms with Gasteiger partial charge in [0.05, 0.1) is 14.2 Å². The number of nitrogens with zero attached hydrogens (tertiary/aromatic N) is 2. The molecule has 0 unspecified atom stereocenters. The largest absolute Gasteiger partial charge is 0.497 e. The SMILES string of the molecule is COc1ccc(OC)c(CN2C[C@H]3CC[C@@H]2CN(Cc2ccccc2)C3)c1. The molecule has 0 radical (unpaired) electrons. The van der Waals surface area contributed by atoms with E-state index in [0.29, 0.717) is 6.04 Å². The van der Waals surface area contributed by atoms with Crippen LogP contribution in [0.4, 0.5) is 0 Å². The molecule has 3 fully saturated rings. The number of fused-ring (bicyclic) bond motifs is 4. The average molecular weight is 367 g/mol. The van der Waals surface area contributed by atoms with Crippen LogP contribution in [-0.4, -0.2) is 49.7 Å². The molecule has 2 aromatic rings. The van der Waals surface area contributed by atoms with Crippen molar-refractivity contribution in [3.8, 4) is 11.5 Å². The molecule has 27 heavy (non-hydrogen) atoms. The van der Waals surface area contributed by atoms with E-state index in [1.54, 1.807) is 14.2 Å². The smallest absolute Gasteiger partial charge is 0.123 e. The van der Waals surface area contributed by atoms with Crippen LogP contribution in [0.2, 0.25) is 0 Å². The summed E-state index contributed by atoms with van der Waals surface area (Å²) in [5.74, 6) is 2.61. The lowest BCUT2D eigenvalue weighted by atomic mass is 9.94. The van der Waals surface area contributed by atoms with Crippen LogP contribution in [-0.2, 0) is 13.1 Å². The van der Waals surface area contributed by atoms with Gasteiger partial charge in [-0.15, -0.1) is 0 Å². The molecule has 144 valence electrons. The van der Waals surface area contributed by atoms with Gasteiger partial charge < -0.3 is 9.47 Å². The van der Waals surface area contributed by atoms with E-state index in [0.717, 1.165) is 37.1 Å². The van der Waals surface area contributed by atoms with E-state index in [4.69, 9.17) is 9.47 Å². The van der Waals surface area contributed by atoms with Gasteiger partial charge in [0.1, 0.15) is 11.5 Å². The minimum atomic E-state index is 0.614. The van der Waals surface area contributed by atoms with Crippen LogP contribution < -0.4 is 9.47 Å². The highest BCUT2D eigenvalue weighted by Gasteiger charge is 2.35. The molecule has 0 amide bonds. The first-order valence-electron chi connectivity index (χ1n) is 9.96. The van der Waals surface area contributed by atoms with Gasteiger partial charge in [-0.05, 0) is 42.5 Å². The third-order valence-electron chi connectivity index (χ3n) is 6.01. The molecule has 4 heteroatoms. The number of methoxy groups -OCH3 is 2. The fourth-order valence-electron chi connectivity index (χ4n) is 4.66. The molecule has 4 nitrogen and oxygen atoms in total. The number of ether oxygens (including phenoxy) is 2. The summed E-state index contributed by atoms with van der Waals surface area (Å²) < 4.78 is 11.0. The maximum absolute atomic E-state index is 5.61. The minimum Gasteiger partial charge on any atom is -0.497 e. The lowest BCUT2D eigenvalue weighted by Gasteiger charge is -2.36. The van der Waals surface area contributed by atoms with Gasteiger partial charge in [0, 0.05) is 44.3 Å². The van der Waals surface area contributed by atoms with Gasteiger partial charge >= 0.3 is 0 Å². The summed E-state index contributed by atoms with van der Waals surface area (Å²) in [7, 11) is 3.47. The molecule has 0 saturated carbocycles. The summed E-state index contributed by atoms with van der Waals surface area (Å²) in [6.45, 7) is 5.52. The van der Waals surface area contributed by atoms with Crippen molar-refractivity contribution in [3.63, 3.8) is 0 Å². The summed E-state index contributed by atoms with van der Waals surface area (Å²) in [4.78, 5) is 5.32. The predicted octanol–water partition coefficient (Wildman–Crippen LogP) is 3.80. The second kappa shape index (κ2) is 8.32. The highest BCUT2D eigenvalue weighted by molar-refractivity contribution is 5.40. The third-order valence-corrected chi connectivity index (χ3v) is 6.01. The van der Waals surface area contributed by atoms with Gasteiger partial charge in [-0.1, -0.05) is 30.3 Å². The third kappa shape index (κ3) is 4.28. The number of benzene rings is 2. The van der Waals surface area contributed by atoms with Gasteiger partial charge in [0.2, 0.25) is 0 Å². The Morgan fingerprint density at radius 1 is 0.889 bits per heavy atom. The lowest BCUT2D eigenvalue weighted by Crippen LogP contribution is -2.43. The number of rotatable bonds is 6. The Hall–Kier alpha value is -2.04. The Morgan fingerprint density at radius 2 is 1.74 bits per heavy atom. The molecular formula is C23H30N2O2. The summed E-state index contributed by atoms with van der Waals surface area (Å²) in [6, 6.07) is 17.6. The van der Waals surface area contributed by atoms with E-state index in [2.05, 4.69) is 46.2 Å². The fourth-order valence-corrected chi connectivity index (χ4v) is 4.66. The van der Waals surface area contributed by atoms with Crippen molar-refractivity contribution in [2.45, 2.75) is 32.0 Å². The van der Waals surface area contributed by atoms with Gasteiger partial charge in [0.25, 0.3) is 0 Å². The molecule has 3 aliphatic rings. The maximum Gasteiger partial charge on any atom is 0.123 e. The highest BCUT2D eigenvalue weighted by atomic mass is 16.5. The first kappa shape index (κ1) is 18.3. The number of hydrogen-bond acceptors (Lipinski definition) is 4. The quantitative estimate of drug-likeness (QED) is 0.776. The van der Waals surface area contributed by atoms with Crippen LogP contribution in [0.5, 0.6) is 11.5 Å². The minimum absolute atomic E-state index is 0.614. The Kier molecular flexibility index (Phi) is 5.65. The Balaban J connectivity index is 1.48. The summed E-state index contributed by atoms with van der Waals surface area (Å²) in [5, 5.41) is 0. The normalized spacial score (nSPS) is 23.2. The van der Waals surface area contributed by atoms with E-state index in [-0.39, 0.29) is 0 Å². The first-order valence-corrected chi connectivity index (χ1v) is 9.96. The lowest BCUT2D eigenvalue weighted by molar-refractivity contribution is 0.122. The van der Waals surface area contributed by atoms with Crippen molar-refractivity contribution in [1.82, 2.24) is 9.80 Å². The van der Waals surface area contributed by atoms with Crippen LogP contribution in [0.3, 0.4) is 0 Å². The molecule has 3 heterocycles. The molecule has 2 atom stereocenters. The molecule has 3 saturated heterocycles. The summed E-state index contributed by atoms with van der Waals surface area (Å²) in [5.41, 5.74) is 2.64. The zero-order chi connectivity index (χ0) is 18.6. The Morgan fingerprint density at radius 3 is 2.52 bits per heavy atom. The first-order chi connectivity index (χ1) is 13.2. The highest BCUT2D eigenvalue weighted by Crippen LogP contribution is 2.32. The summed E-state index contributed by atoms with van der Waals surface area (Å²) >= 11 is 0. The number of piperidine rings is 1. The fraction of sp³-hybridized carbons (Fsp3) is 0.478. The zero-order valence-corrected chi connectivity index (χ0v) is 16.4. The van der Waals surface area contributed by atoms with E-state index >= 15 is 0 Å². The van der Waals surface area contributed by atoms with Gasteiger partial charge in [-0.2, -0.15) is 0 Å². The van der Waals surface area contributed by atoms with Crippen molar-refractivity contribution in [2.75, 3.05) is 33.9 Å². The molecule has 5 rings (SSSR count). The van der Waals surface area contributed by atoms with Crippen LogP contribution >= 0.6 is 0 Å². The van der Waals surface area contributed by atoms with Crippen LogP contribution in [0.15, 0.2) is 48.5 Å². The molecule has 2 aromatic carbocycles. The van der Waals surface area contributed by atoms with Crippen LogP contribution in [0, 0.1) is 5.92 Å². The topological polar surface area (TPSA) is 24.9 Å². The molecule has 2 bridgehead atoms. The van der Waals surface area contributed by atoms with Gasteiger partial charge in [-0.3, -0.25) is 9.80 Å². The van der Waals surface area contributed by atoms with E-state index < -0.39 is 0 Å². The van der Waals surface area contributed by atoms with E-state index in [1.165, 1.54) is 37.1 Å². The maximum atomic E-state index is 5.61. The van der Waals surface area contributed by atoms with Gasteiger partial charge in [0.15, 0.2) is 0 Å². The second-order valence-electron chi connectivity index (χ2n) is 7.88. The standard InChI is InChI=1S/C23H30N2O2/c1-26-22-10-11-23(27-2)20(12-22)16-25-15-19-8-9-21(25)17-24(14-19)13-18-6-4-3-5-7-18/h3-7,10-12,19,21H,8-9,13-17H2,1-2H3/t19-,21+/m0/s1. The van der Waals surface area contributed by atoms with Crippen molar-refractivity contribution in [1.29, 1.82) is 0 Å². The van der Waals surface area contributed by atoms with Crippen molar-refractivity contribution in [2.24, 2.45) is 5.92 Å². The van der Waals surface area contributed by atoms with Crippen molar-refractivity contribution >= 4 is 0 Å². The molecule has 0 N–H and O–H groups in total. The monoisotopic (exact) mass is 366 g/mol. The average Bonchev–Trinajstić information content (AvgIpc) is 2.99. The van der Waals surface area contributed by atoms with Crippen molar-refractivity contribution < 1.29 is 9.47 Å². The Bertz CT molecular complexity index is 749. The van der Waals surface area contributed by atoms with Crippen LogP contribution in [0.25, 0.3) is 0 Å². The molecule has 0 spiro atoms. The van der Waals surface area contributed by atoms with Crippen molar-refractivity contribution in [3.05, 3.63) is 59.7 Å². The molecule has 0 aliphatic carbocycles. The zero-order valence-electron chi connectivity index (χ0n) is 16.4. The molecule has 0 aromatic heterocycles. The van der Waals surface area contributed by atoms with E-state index in [1.807, 2.05) is 12.1 Å². The Labute approximate surface area is 162 Å². The van der Waals surface area contributed by atoms with E-state index in [9.17, 15) is 0 Å². The van der Waals surface area contributed by atoms with Crippen LogP contribution in [0.1, 0.15) is 24.0 Å².